The lowest BCUT2D eigenvalue weighted by atomic mass is 10.0. The molecule has 2 aliphatic rings. The predicted octanol–water partition coefficient (Wildman–Crippen LogP) is 2.26. The van der Waals surface area contributed by atoms with Crippen molar-refractivity contribution in [3.05, 3.63) is 65.9 Å². The predicted molar refractivity (Wildman–Crippen MR) is 141 cm³/mol. The Labute approximate surface area is 213 Å². The van der Waals surface area contributed by atoms with Gasteiger partial charge in [-0.2, -0.15) is 0 Å². The van der Waals surface area contributed by atoms with Crippen molar-refractivity contribution in [2.45, 2.75) is 25.3 Å². The van der Waals surface area contributed by atoms with Gasteiger partial charge in [0.1, 0.15) is 0 Å². The van der Waals surface area contributed by atoms with Crippen LogP contribution in [0.2, 0.25) is 0 Å². The smallest absolute Gasteiger partial charge is 0.305 e. The van der Waals surface area contributed by atoms with E-state index in [0.717, 1.165) is 53.3 Å². The van der Waals surface area contributed by atoms with E-state index in [-0.39, 0.29) is 25.2 Å². The summed E-state index contributed by atoms with van der Waals surface area (Å²) in [5, 5.41) is 19.4. The highest BCUT2D eigenvalue weighted by Gasteiger charge is 2.25. The molecular weight excluding hydrogens is 472 g/mol. The zero-order valence-electron chi connectivity index (χ0n) is 20.2. The molecule has 1 unspecified atom stereocenters. The molecule has 37 heavy (non-hydrogen) atoms. The number of rotatable bonds is 9. The molecule has 1 atom stereocenters. The summed E-state index contributed by atoms with van der Waals surface area (Å²) in [6.45, 7) is 2.33. The average molecular weight is 501 g/mol. The topological polar surface area (TPSA) is 136 Å². The second kappa shape index (κ2) is 10.7. The summed E-state index contributed by atoms with van der Waals surface area (Å²) >= 11 is 0. The summed E-state index contributed by atoms with van der Waals surface area (Å²) in [6.07, 6.45) is 1.75. The molecule has 10 nitrogen and oxygen atoms in total. The SMILES string of the molecule is O=C(O)CC(NC(=O)CC(=O)CN1CCc2ccc(NC3=NCCN3)cc21)c1cnc2ccccc2c1. The van der Waals surface area contributed by atoms with Crippen molar-refractivity contribution >= 4 is 45.9 Å². The number of nitrogens with zero attached hydrogens (tertiary/aromatic N) is 3. The fourth-order valence-corrected chi connectivity index (χ4v) is 4.70. The lowest BCUT2D eigenvalue weighted by Crippen LogP contribution is -2.35. The maximum Gasteiger partial charge on any atom is 0.305 e. The number of carboxylic acids is 1. The number of anilines is 2. The van der Waals surface area contributed by atoms with E-state index < -0.39 is 17.9 Å². The third-order valence-electron chi connectivity index (χ3n) is 6.47. The molecule has 4 N–H and O–H groups in total. The first-order chi connectivity index (χ1) is 17.9. The van der Waals surface area contributed by atoms with Gasteiger partial charge in [-0.25, -0.2) is 0 Å². The quantitative estimate of drug-likeness (QED) is 0.329. The fraction of sp³-hybridized carbons (Fsp3) is 0.296. The fourth-order valence-electron chi connectivity index (χ4n) is 4.70. The van der Waals surface area contributed by atoms with Crippen molar-refractivity contribution in [1.29, 1.82) is 0 Å². The molecule has 2 aliphatic heterocycles. The number of hydrogen-bond acceptors (Lipinski definition) is 8. The minimum atomic E-state index is -1.05. The van der Waals surface area contributed by atoms with Crippen LogP contribution in [0.1, 0.15) is 30.0 Å². The van der Waals surface area contributed by atoms with Crippen LogP contribution < -0.4 is 20.9 Å². The van der Waals surface area contributed by atoms with Gasteiger partial charge in [-0.1, -0.05) is 24.3 Å². The number of ketones is 1. The Morgan fingerprint density at radius 1 is 1.14 bits per heavy atom. The van der Waals surface area contributed by atoms with Gasteiger partial charge in [0.25, 0.3) is 0 Å². The van der Waals surface area contributed by atoms with Crippen LogP contribution in [0.25, 0.3) is 10.9 Å². The zero-order chi connectivity index (χ0) is 25.8. The number of aromatic nitrogens is 1. The molecule has 0 bridgehead atoms. The van der Waals surface area contributed by atoms with Crippen LogP contribution in [0.15, 0.2) is 59.7 Å². The first kappa shape index (κ1) is 24.2. The van der Waals surface area contributed by atoms with E-state index in [1.807, 2.05) is 53.4 Å². The molecule has 190 valence electrons. The van der Waals surface area contributed by atoms with Crippen LogP contribution >= 0.6 is 0 Å². The number of fused-ring (bicyclic) bond motifs is 2. The molecule has 0 saturated carbocycles. The van der Waals surface area contributed by atoms with Gasteiger partial charge < -0.3 is 26.0 Å². The molecular formula is C27H28N6O4. The second-order valence-electron chi connectivity index (χ2n) is 9.19. The Morgan fingerprint density at radius 3 is 2.81 bits per heavy atom. The van der Waals surface area contributed by atoms with Gasteiger partial charge in [0, 0.05) is 36.0 Å². The van der Waals surface area contributed by atoms with Crippen LogP contribution in [0.4, 0.5) is 11.4 Å². The van der Waals surface area contributed by atoms with E-state index in [2.05, 4.69) is 25.9 Å². The molecule has 1 amide bonds. The van der Waals surface area contributed by atoms with Gasteiger partial charge in [0.05, 0.1) is 37.5 Å². The number of carbonyl (C=O) groups excluding carboxylic acids is 2. The number of hydrogen-bond donors (Lipinski definition) is 4. The Balaban J connectivity index is 1.22. The van der Waals surface area contributed by atoms with Crippen LogP contribution in [0.5, 0.6) is 0 Å². The summed E-state index contributed by atoms with van der Waals surface area (Å²) in [5.74, 6) is -1.07. The molecule has 0 spiro atoms. The molecule has 2 aromatic carbocycles. The minimum Gasteiger partial charge on any atom is -0.481 e. The summed E-state index contributed by atoms with van der Waals surface area (Å²) < 4.78 is 0. The minimum absolute atomic E-state index is 0.101. The number of carbonyl (C=O) groups is 3. The number of benzene rings is 2. The molecule has 0 fully saturated rings. The van der Waals surface area contributed by atoms with E-state index >= 15 is 0 Å². The van der Waals surface area contributed by atoms with Crippen molar-refractivity contribution < 1.29 is 19.5 Å². The maximum atomic E-state index is 12.8. The third kappa shape index (κ3) is 5.85. The lowest BCUT2D eigenvalue weighted by Gasteiger charge is -2.20. The summed E-state index contributed by atoms with van der Waals surface area (Å²) in [6, 6.07) is 14.5. The highest BCUT2D eigenvalue weighted by molar-refractivity contribution is 6.00. The normalized spacial score (nSPS) is 15.0. The molecule has 0 aliphatic carbocycles. The number of para-hydroxylation sites is 1. The highest BCUT2D eigenvalue weighted by atomic mass is 16.4. The van der Waals surface area contributed by atoms with Crippen molar-refractivity contribution in [2.24, 2.45) is 4.99 Å². The molecule has 3 heterocycles. The number of guanidine groups is 1. The van der Waals surface area contributed by atoms with Gasteiger partial charge >= 0.3 is 5.97 Å². The Kier molecular flexibility index (Phi) is 6.98. The van der Waals surface area contributed by atoms with Crippen molar-refractivity contribution in [3.8, 4) is 0 Å². The molecule has 5 rings (SSSR count). The monoisotopic (exact) mass is 500 g/mol. The van der Waals surface area contributed by atoms with Crippen LogP contribution in [-0.4, -0.2) is 59.9 Å². The van der Waals surface area contributed by atoms with Crippen LogP contribution in [0.3, 0.4) is 0 Å². The van der Waals surface area contributed by atoms with E-state index in [0.29, 0.717) is 12.1 Å². The van der Waals surface area contributed by atoms with E-state index in [4.69, 9.17) is 0 Å². The Morgan fingerprint density at radius 2 is 2.00 bits per heavy atom. The standard InChI is InChI=1S/C27H28N6O4/c34-21(16-33-10-7-17-5-6-20(12-24(17)33)31-27-28-8-9-29-27)13-25(35)32-23(14-26(36)37)19-11-18-3-1-2-4-22(18)30-15-19/h1-6,11-12,15,23H,7-10,13-14,16H2,(H,32,35)(H,36,37)(H2,28,29,31). The first-order valence-corrected chi connectivity index (χ1v) is 12.3. The van der Waals surface area contributed by atoms with E-state index in [1.165, 1.54) is 0 Å². The van der Waals surface area contributed by atoms with Gasteiger partial charge in [-0.3, -0.25) is 24.4 Å². The third-order valence-corrected chi connectivity index (χ3v) is 6.47. The van der Waals surface area contributed by atoms with Crippen molar-refractivity contribution in [1.82, 2.24) is 15.6 Å². The van der Waals surface area contributed by atoms with Crippen molar-refractivity contribution in [2.75, 3.05) is 36.4 Å². The van der Waals surface area contributed by atoms with Gasteiger partial charge in [-0.15, -0.1) is 0 Å². The van der Waals surface area contributed by atoms with Gasteiger partial charge in [0.2, 0.25) is 5.91 Å². The molecule has 3 aromatic rings. The first-order valence-electron chi connectivity index (χ1n) is 12.3. The average Bonchev–Trinajstić information content (AvgIpc) is 3.53. The van der Waals surface area contributed by atoms with Crippen LogP contribution in [-0.2, 0) is 20.8 Å². The largest absolute Gasteiger partial charge is 0.481 e. The number of pyridine rings is 1. The second-order valence-corrected chi connectivity index (χ2v) is 9.19. The molecule has 1 aromatic heterocycles. The summed E-state index contributed by atoms with van der Waals surface area (Å²) in [7, 11) is 0. The van der Waals surface area contributed by atoms with E-state index in [1.54, 1.807) is 6.20 Å². The number of aliphatic carboxylic acids is 1. The molecule has 10 heteroatoms. The van der Waals surface area contributed by atoms with Crippen molar-refractivity contribution in [3.63, 3.8) is 0 Å². The van der Waals surface area contributed by atoms with E-state index in [9.17, 15) is 19.5 Å². The molecule has 0 saturated heterocycles. The highest BCUT2D eigenvalue weighted by Crippen LogP contribution is 2.31. The summed E-state index contributed by atoms with van der Waals surface area (Å²) in [4.78, 5) is 47.7. The number of carboxylic acid groups (broad SMARTS) is 1. The number of Topliss-reactive ketones (excluding diaryl/α,β-unsaturated/α-hetero) is 1. The number of aliphatic imine (C=N–C) groups is 1. The lowest BCUT2D eigenvalue weighted by molar-refractivity contribution is -0.137. The Bertz CT molecular complexity index is 1390. The number of nitrogens with one attached hydrogen (secondary N) is 3. The van der Waals surface area contributed by atoms with Gasteiger partial charge in [0.15, 0.2) is 11.7 Å². The Hall–Kier alpha value is -4.47. The van der Waals surface area contributed by atoms with Gasteiger partial charge in [-0.05, 0) is 41.8 Å². The number of amides is 1. The maximum absolute atomic E-state index is 12.8. The molecule has 0 radical (unpaired) electrons. The zero-order valence-corrected chi connectivity index (χ0v) is 20.2. The van der Waals surface area contributed by atoms with Crippen LogP contribution in [0, 0.1) is 0 Å². The summed E-state index contributed by atoms with van der Waals surface area (Å²) in [5.41, 5.74) is 4.35.